The minimum Gasteiger partial charge on any atom is -0.303 e. The Morgan fingerprint density at radius 2 is 1.83 bits per heavy atom. The van der Waals surface area contributed by atoms with E-state index in [0.29, 0.717) is 18.5 Å². The Morgan fingerprint density at radius 1 is 1.14 bits per heavy atom. The Kier molecular flexibility index (Phi) is 6.99. The van der Waals surface area contributed by atoms with Gasteiger partial charge in [0.2, 0.25) is 20.0 Å². The summed E-state index contributed by atoms with van der Waals surface area (Å²) < 4.78 is 67.0. The zero-order valence-corrected chi connectivity index (χ0v) is 18.7. The number of nitrogens with zero attached hydrogens (tertiary/aromatic N) is 3. The third-order valence-electron chi connectivity index (χ3n) is 5.79. The molecule has 10 heteroatoms. The molecule has 1 aromatic rings. The van der Waals surface area contributed by atoms with Gasteiger partial charge >= 0.3 is 0 Å². The fourth-order valence-corrected chi connectivity index (χ4v) is 6.80. The Balaban J connectivity index is 1.67. The van der Waals surface area contributed by atoms with E-state index in [4.69, 9.17) is 0 Å². The first-order valence-corrected chi connectivity index (χ1v) is 13.3. The van der Waals surface area contributed by atoms with Crippen molar-refractivity contribution < 1.29 is 21.2 Å². The number of rotatable bonds is 8. The molecule has 0 aromatic heterocycles. The summed E-state index contributed by atoms with van der Waals surface area (Å²) in [6, 6.07) is 3.47. The summed E-state index contributed by atoms with van der Waals surface area (Å²) in [5, 5.41) is 0. The van der Waals surface area contributed by atoms with Gasteiger partial charge in [0.15, 0.2) is 0 Å². The molecule has 29 heavy (non-hydrogen) atoms. The second-order valence-corrected chi connectivity index (χ2v) is 11.9. The lowest BCUT2D eigenvalue weighted by Gasteiger charge is -2.27. The molecule has 0 aliphatic carbocycles. The first kappa shape index (κ1) is 22.6. The predicted molar refractivity (Wildman–Crippen MR) is 110 cm³/mol. The molecule has 2 heterocycles. The van der Waals surface area contributed by atoms with E-state index in [-0.39, 0.29) is 18.0 Å². The van der Waals surface area contributed by atoms with Crippen molar-refractivity contribution in [3.63, 3.8) is 0 Å². The molecule has 1 atom stereocenters. The molecule has 1 aromatic carbocycles. The van der Waals surface area contributed by atoms with Crippen molar-refractivity contribution in [3.05, 3.63) is 29.6 Å². The largest absolute Gasteiger partial charge is 0.303 e. The summed E-state index contributed by atoms with van der Waals surface area (Å²) in [6.07, 6.45) is 4.70. The number of benzene rings is 1. The number of halogens is 1. The van der Waals surface area contributed by atoms with Crippen LogP contribution in [0.5, 0.6) is 0 Å². The zero-order chi connectivity index (χ0) is 21.2. The van der Waals surface area contributed by atoms with E-state index < -0.39 is 31.9 Å². The minimum atomic E-state index is -3.86. The number of aryl methyl sites for hydroxylation is 1. The highest BCUT2D eigenvalue weighted by Gasteiger charge is 2.38. The van der Waals surface area contributed by atoms with Crippen LogP contribution in [0.25, 0.3) is 0 Å². The maximum Gasteiger partial charge on any atom is 0.243 e. The van der Waals surface area contributed by atoms with Gasteiger partial charge in [-0.3, -0.25) is 0 Å². The Labute approximate surface area is 173 Å². The summed E-state index contributed by atoms with van der Waals surface area (Å²) in [5.41, 5.74) is 0.379. The van der Waals surface area contributed by atoms with E-state index in [0.717, 1.165) is 32.1 Å². The second-order valence-electron chi connectivity index (χ2n) is 7.99. The van der Waals surface area contributed by atoms with Crippen molar-refractivity contribution in [1.29, 1.82) is 0 Å². The van der Waals surface area contributed by atoms with Crippen LogP contribution in [0, 0.1) is 12.7 Å². The van der Waals surface area contributed by atoms with Crippen LogP contribution < -0.4 is 0 Å². The quantitative estimate of drug-likeness (QED) is 0.606. The highest BCUT2D eigenvalue weighted by atomic mass is 32.2. The Hall–Kier alpha value is -1.07. The summed E-state index contributed by atoms with van der Waals surface area (Å²) in [4.78, 5) is 2.24. The molecule has 0 N–H and O–H groups in total. The summed E-state index contributed by atoms with van der Waals surface area (Å²) in [5.74, 6) is -0.568. The third kappa shape index (κ3) is 5.35. The topological polar surface area (TPSA) is 78.0 Å². The highest BCUT2D eigenvalue weighted by molar-refractivity contribution is 7.89. The normalized spacial score (nSPS) is 22.0. The molecule has 2 saturated heterocycles. The van der Waals surface area contributed by atoms with Gasteiger partial charge < -0.3 is 4.90 Å². The van der Waals surface area contributed by atoms with Crippen molar-refractivity contribution in [2.75, 3.05) is 45.5 Å². The number of hydrogen-bond donors (Lipinski definition) is 0. The molecular weight excluding hydrogens is 417 g/mol. The highest BCUT2D eigenvalue weighted by Crippen LogP contribution is 2.26. The molecule has 0 spiro atoms. The summed E-state index contributed by atoms with van der Waals surface area (Å²) in [7, 11) is -7.32. The molecule has 0 radical (unpaired) electrons. The van der Waals surface area contributed by atoms with Crippen molar-refractivity contribution in [2.24, 2.45) is 0 Å². The van der Waals surface area contributed by atoms with Gasteiger partial charge in [0.25, 0.3) is 0 Å². The standard InChI is InChI=1S/C19H30FN3O4S2/c1-16-6-7-18(14-19(16)20)29(26,27)22-13-8-17(15-22)23(28(2,24)25)12-5-11-21-9-3-4-10-21/h6-7,14,17H,3-5,8-13,15H2,1-2H3. The molecule has 164 valence electrons. The second kappa shape index (κ2) is 8.97. The fourth-order valence-electron chi connectivity index (χ4n) is 4.12. The predicted octanol–water partition coefficient (Wildman–Crippen LogP) is 1.64. The van der Waals surface area contributed by atoms with Crippen LogP contribution in [0.2, 0.25) is 0 Å². The lowest BCUT2D eigenvalue weighted by atomic mass is 10.2. The van der Waals surface area contributed by atoms with Crippen LogP contribution in [-0.4, -0.2) is 81.9 Å². The molecular formula is C19H30FN3O4S2. The van der Waals surface area contributed by atoms with Gasteiger partial charge in [0, 0.05) is 25.7 Å². The van der Waals surface area contributed by atoms with Crippen molar-refractivity contribution >= 4 is 20.0 Å². The van der Waals surface area contributed by atoms with E-state index in [1.165, 1.54) is 39.8 Å². The molecule has 0 saturated carbocycles. The number of sulfonamides is 2. The molecule has 2 aliphatic heterocycles. The zero-order valence-electron chi connectivity index (χ0n) is 17.0. The minimum absolute atomic E-state index is 0.0919. The average Bonchev–Trinajstić information content (AvgIpc) is 3.31. The third-order valence-corrected chi connectivity index (χ3v) is 8.99. The van der Waals surface area contributed by atoms with Crippen LogP contribution in [0.4, 0.5) is 4.39 Å². The first-order chi connectivity index (χ1) is 13.6. The van der Waals surface area contributed by atoms with Crippen LogP contribution >= 0.6 is 0 Å². The molecule has 3 rings (SSSR count). The fraction of sp³-hybridized carbons (Fsp3) is 0.684. The summed E-state index contributed by atoms with van der Waals surface area (Å²) in [6.45, 7) is 5.23. The molecule has 1 unspecified atom stereocenters. The number of hydrogen-bond acceptors (Lipinski definition) is 5. The van der Waals surface area contributed by atoms with Gasteiger partial charge in [0.1, 0.15) is 5.82 Å². The molecule has 2 aliphatic rings. The van der Waals surface area contributed by atoms with Crippen molar-refractivity contribution in [1.82, 2.24) is 13.5 Å². The monoisotopic (exact) mass is 447 g/mol. The smallest absolute Gasteiger partial charge is 0.243 e. The van der Waals surface area contributed by atoms with Crippen LogP contribution in [-0.2, 0) is 20.0 Å². The molecule has 2 fully saturated rings. The Morgan fingerprint density at radius 3 is 2.45 bits per heavy atom. The number of likely N-dealkylation sites (tertiary alicyclic amines) is 1. The van der Waals surface area contributed by atoms with E-state index in [1.54, 1.807) is 6.92 Å². The molecule has 0 bridgehead atoms. The molecule has 7 nitrogen and oxygen atoms in total. The first-order valence-electron chi connectivity index (χ1n) is 10.0. The van der Waals surface area contributed by atoms with E-state index in [1.807, 2.05) is 0 Å². The lowest BCUT2D eigenvalue weighted by Crippen LogP contribution is -2.43. The van der Waals surface area contributed by atoms with Crippen LogP contribution in [0.3, 0.4) is 0 Å². The van der Waals surface area contributed by atoms with Crippen LogP contribution in [0.15, 0.2) is 23.1 Å². The van der Waals surface area contributed by atoms with Gasteiger partial charge in [-0.2, -0.15) is 8.61 Å². The van der Waals surface area contributed by atoms with E-state index in [2.05, 4.69) is 4.90 Å². The van der Waals surface area contributed by atoms with Crippen molar-refractivity contribution in [3.8, 4) is 0 Å². The maximum absolute atomic E-state index is 13.9. The average molecular weight is 448 g/mol. The maximum atomic E-state index is 13.9. The van der Waals surface area contributed by atoms with Gasteiger partial charge in [-0.05, 0) is 69.9 Å². The lowest BCUT2D eigenvalue weighted by molar-refractivity contribution is 0.282. The van der Waals surface area contributed by atoms with E-state index in [9.17, 15) is 21.2 Å². The molecule has 0 amide bonds. The van der Waals surface area contributed by atoms with Gasteiger partial charge in [0.05, 0.1) is 11.2 Å². The van der Waals surface area contributed by atoms with E-state index >= 15 is 0 Å². The van der Waals surface area contributed by atoms with Crippen molar-refractivity contribution in [2.45, 2.75) is 43.5 Å². The Bertz CT molecular complexity index is 931. The van der Waals surface area contributed by atoms with Gasteiger partial charge in [-0.15, -0.1) is 0 Å². The van der Waals surface area contributed by atoms with Crippen LogP contribution in [0.1, 0.15) is 31.2 Å². The summed E-state index contributed by atoms with van der Waals surface area (Å²) >= 11 is 0. The van der Waals surface area contributed by atoms with Gasteiger partial charge in [-0.1, -0.05) is 6.07 Å². The van der Waals surface area contributed by atoms with Gasteiger partial charge in [-0.25, -0.2) is 21.2 Å². The SMILES string of the molecule is Cc1ccc(S(=O)(=O)N2CCC(N(CCCN3CCCC3)S(C)(=O)=O)C2)cc1F.